The number of H-pyrrole nitrogens is 1. The van der Waals surface area contributed by atoms with Gasteiger partial charge in [-0.05, 0) is 44.8 Å². The summed E-state index contributed by atoms with van der Waals surface area (Å²) < 4.78 is 12.3. The molecule has 7 heteroatoms. The van der Waals surface area contributed by atoms with Crippen LogP contribution in [0.15, 0.2) is 29.9 Å². The number of hydrogen-bond donors (Lipinski definition) is 2. The van der Waals surface area contributed by atoms with Gasteiger partial charge in [-0.2, -0.15) is 0 Å². The second-order valence-electron chi connectivity index (χ2n) is 7.88. The van der Waals surface area contributed by atoms with Gasteiger partial charge < -0.3 is 19.6 Å². The number of nitrogens with one attached hydrogen (secondary N) is 2. The summed E-state index contributed by atoms with van der Waals surface area (Å²) in [6, 6.07) is 5.80. The maximum atomic E-state index is 11.4. The highest BCUT2D eigenvalue weighted by molar-refractivity contribution is 6.56. The lowest BCUT2D eigenvalue weighted by Gasteiger charge is -2.32. The number of rotatable bonds is 5. The summed E-state index contributed by atoms with van der Waals surface area (Å²) in [5.74, 6) is -0.118. The molecule has 1 aromatic carbocycles. The lowest BCUT2D eigenvalue weighted by molar-refractivity contribution is -0.118. The van der Waals surface area contributed by atoms with Crippen LogP contribution in [0.5, 0.6) is 0 Å². The van der Waals surface area contributed by atoms with E-state index < -0.39 is 18.3 Å². The normalized spacial score (nSPS) is 18.7. The molecular weight excluding hydrogens is 343 g/mol. The van der Waals surface area contributed by atoms with Crippen LogP contribution in [0.2, 0.25) is 0 Å². The van der Waals surface area contributed by atoms with Crippen molar-refractivity contribution in [2.45, 2.75) is 45.8 Å². The highest BCUT2D eigenvalue weighted by Crippen LogP contribution is 2.38. The van der Waals surface area contributed by atoms with Crippen LogP contribution < -0.4 is 5.32 Å². The van der Waals surface area contributed by atoms with Gasteiger partial charge in [-0.1, -0.05) is 18.2 Å². The standard InChI is InChI=1S/C20H25BN2O4/c1-13(25)22-11-16(21-26-19(2,3)20(4,5)27-21)8-14-6-7-17-15(12-24)10-23-18(17)9-14/h6-10,12,23H,11H2,1-5H3,(H,22,25). The summed E-state index contributed by atoms with van der Waals surface area (Å²) in [5, 5.41) is 3.70. The number of benzene rings is 1. The third-order valence-corrected chi connectivity index (χ3v) is 5.31. The fourth-order valence-corrected chi connectivity index (χ4v) is 2.99. The van der Waals surface area contributed by atoms with Gasteiger partial charge in [0.05, 0.1) is 11.2 Å². The minimum Gasteiger partial charge on any atom is -0.400 e. The molecule has 3 rings (SSSR count). The van der Waals surface area contributed by atoms with Gasteiger partial charge in [-0.25, -0.2) is 0 Å². The zero-order chi connectivity index (χ0) is 19.8. The van der Waals surface area contributed by atoms with E-state index in [0.717, 1.165) is 28.2 Å². The van der Waals surface area contributed by atoms with Crippen LogP contribution in [0.1, 0.15) is 50.5 Å². The SMILES string of the molecule is CC(=O)NCC(=Cc1ccc2c(C=O)c[nH]c2c1)B1OC(C)(C)C(C)(C)O1. The van der Waals surface area contributed by atoms with E-state index >= 15 is 0 Å². The summed E-state index contributed by atoms with van der Waals surface area (Å²) in [6.45, 7) is 9.79. The Morgan fingerprint density at radius 3 is 2.48 bits per heavy atom. The molecule has 1 fully saturated rings. The molecular formula is C20H25BN2O4. The number of fused-ring (bicyclic) bond motifs is 1. The Labute approximate surface area is 159 Å². The molecule has 0 radical (unpaired) electrons. The average Bonchev–Trinajstić information content (AvgIpc) is 3.08. The van der Waals surface area contributed by atoms with Crippen LogP contribution >= 0.6 is 0 Å². The maximum absolute atomic E-state index is 11.4. The molecule has 27 heavy (non-hydrogen) atoms. The molecule has 1 amide bonds. The number of amides is 1. The Morgan fingerprint density at radius 2 is 1.89 bits per heavy atom. The highest BCUT2D eigenvalue weighted by Gasteiger charge is 2.52. The molecule has 1 aliphatic rings. The first-order valence-electron chi connectivity index (χ1n) is 9.00. The van der Waals surface area contributed by atoms with Gasteiger partial charge in [0, 0.05) is 36.1 Å². The molecule has 1 aliphatic heterocycles. The molecule has 2 aromatic rings. The fraction of sp³-hybridized carbons (Fsp3) is 0.400. The van der Waals surface area contributed by atoms with Crippen molar-refractivity contribution in [2.24, 2.45) is 0 Å². The Hall–Kier alpha value is -2.38. The number of aldehydes is 1. The quantitative estimate of drug-likeness (QED) is 0.628. The predicted molar refractivity (Wildman–Crippen MR) is 106 cm³/mol. The van der Waals surface area contributed by atoms with E-state index in [-0.39, 0.29) is 5.91 Å². The zero-order valence-corrected chi connectivity index (χ0v) is 16.4. The third-order valence-electron chi connectivity index (χ3n) is 5.31. The molecule has 0 unspecified atom stereocenters. The summed E-state index contributed by atoms with van der Waals surface area (Å²) in [7, 11) is -0.549. The first-order chi connectivity index (χ1) is 12.6. The Bertz CT molecular complexity index is 898. The van der Waals surface area contributed by atoms with E-state index in [4.69, 9.17) is 9.31 Å². The number of hydrogen-bond acceptors (Lipinski definition) is 4. The van der Waals surface area contributed by atoms with Crippen molar-refractivity contribution >= 4 is 36.3 Å². The van der Waals surface area contributed by atoms with E-state index in [9.17, 15) is 9.59 Å². The molecule has 0 saturated carbocycles. The molecule has 2 heterocycles. The van der Waals surface area contributed by atoms with Crippen molar-refractivity contribution < 1.29 is 18.9 Å². The minimum atomic E-state index is -0.549. The molecule has 6 nitrogen and oxygen atoms in total. The molecule has 142 valence electrons. The largest absolute Gasteiger partial charge is 0.492 e. The second kappa shape index (κ2) is 6.98. The number of aromatic nitrogens is 1. The number of carbonyl (C=O) groups is 2. The van der Waals surface area contributed by atoms with Gasteiger partial charge >= 0.3 is 7.12 Å². The van der Waals surface area contributed by atoms with Crippen LogP contribution in [-0.4, -0.2) is 42.0 Å². The van der Waals surface area contributed by atoms with E-state index in [0.29, 0.717) is 12.1 Å². The second-order valence-corrected chi connectivity index (χ2v) is 7.88. The molecule has 0 aliphatic carbocycles. The van der Waals surface area contributed by atoms with Crippen molar-refractivity contribution in [1.82, 2.24) is 10.3 Å². The van der Waals surface area contributed by atoms with Crippen molar-refractivity contribution in [2.75, 3.05) is 6.54 Å². The Morgan fingerprint density at radius 1 is 1.22 bits per heavy atom. The average molecular weight is 368 g/mol. The molecule has 1 saturated heterocycles. The lowest BCUT2D eigenvalue weighted by atomic mass is 9.77. The molecule has 0 bridgehead atoms. The van der Waals surface area contributed by atoms with Crippen molar-refractivity contribution in [3.63, 3.8) is 0 Å². The van der Waals surface area contributed by atoms with E-state index in [1.54, 1.807) is 6.20 Å². The fourth-order valence-electron chi connectivity index (χ4n) is 2.99. The van der Waals surface area contributed by atoms with Crippen LogP contribution in [0.3, 0.4) is 0 Å². The third kappa shape index (κ3) is 3.84. The van der Waals surface area contributed by atoms with Gasteiger partial charge in [0.25, 0.3) is 0 Å². The van der Waals surface area contributed by atoms with Gasteiger partial charge in [0.15, 0.2) is 6.29 Å². The smallest absolute Gasteiger partial charge is 0.400 e. The molecule has 0 atom stereocenters. The van der Waals surface area contributed by atoms with Gasteiger partial charge in [-0.15, -0.1) is 0 Å². The Balaban J connectivity index is 1.95. The number of aromatic amines is 1. The van der Waals surface area contributed by atoms with E-state index in [1.165, 1.54) is 6.92 Å². The van der Waals surface area contributed by atoms with E-state index in [2.05, 4.69) is 10.3 Å². The van der Waals surface area contributed by atoms with Crippen molar-refractivity contribution in [1.29, 1.82) is 0 Å². The first kappa shape index (κ1) is 19.4. The van der Waals surface area contributed by atoms with Gasteiger partial charge in [0.1, 0.15) is 0 Å². The summed E-state index contributed by atoms with van der Waals surface area (Å²) >= 11 is 0. The van der Waals surface area contributed by atoms with Gasteiger partial charge in [-0.3, -0.25) is 9.59 Å². The van der Waals surface area contributed by atoms with Crippen LogP contribution in [0, 0.1) is 0 Å². The Kier molecular flexibility index (Phi) is 5.01. The minimum absolute atomic E-state index is 0.118. The summed E-state index contributed by atoms with van der Waals surface area (Å²) in [4.78, 5) is 25.6. The van der Waals surface area contributed by atoms with Crippen LogP contribution in [0.4, 0.5) is 0 Å². The lowest BCUT2D eigenvalue weighted by Crippen LogP contribution is -2.41. The molecule has 0 spiro atoms. The van der Waals surface area contributed by atoms with Crippen molar-refractivity contribution in [3.05, 3.63) is 41.0 Å². The van der Waals surface area contributed by atoms with Crippen molar-refractivity contribution in [3.8, 4) is 0 Å². The first-order valence-corrected chi connectivity index (χ1v) is 9.00. The maximum Gasteiger partial charge on any atom is 0.492 e. The molecule has 1 aromatic heterocycles. The summed E-state index contributed by atoms with van der Waals surface area (Å²) in [6.07, 6.45) is 4.48. The van der Waals surface area contributed by atoms with Crippen LogP contribution in [-0.2, 0) is 14.1 Å². The predicted octanol–water partition coefficient (Wildman–Crippen LogP) is 3.13. The topological polar surface area (TPSA) is 80.4 Å². The van der Waals surface area contributed by atoms with E-state index in [1.807, 2.05) is 52.0 Å². The number of carbonyl (C=O) groups excluding carboxylic acids is 2. The van der Waals surface area contributed by atoms with Gasteiger partial charge in [0.2, 0.25) is 5.91 Å². The monoisotopic (exact) mass is 368 g/mol. The highest BCUT2D eigenvalue weighted by atomic mass is 16.7. The summed E-state index contributed by atoms with van der Waals surface area (Å²) in [5.41, 5.74) is 2.33. The van der Waals surface area contributed by atoms with Crippen LogP contribution in [0.25, 0.3) is 17.0 Å². The zero-order valence-electron chi connectivity index (χ0n) is 16.4. The molecule has 2 N–H and O–H groups in total.